The Bertz CT molecular complexity index is 1120. The number of nitro benzene ring substituents is 1. The molecule has 0 saturated heterocycles. The van der Waals surface area contributed by atoms with E-state index in [1.54, 1.807) is 24.5 Å². The molecule has 158 valence electrons. The number of nitrogens with one attached hydrogen (secondary N) is 2. The maximum absolute atomic E-state index is 12.1. The molecule has 9 nitrogen and oxygen atoms in total. The van der Waals surface area contributed by atoms with Crippen LogP contribution in [0.4, 0.5) is 11.4 Å². The van der Waals surface area contributed by atoms with Crippen molar-refractivity contribution in [2.45, 2.75) is 23.9 Å². The zero-order chi connectivity index (χ0) is 22.2. The van der Waals surface area contributed by atoms with Crippen molar-refractivity contribution in [2.75, 3.05) is 11.9 Å². The normalized spacial score (nSPS) is 10.8. The van der Waals surface area contributed by atoms with Gasteiger partial charge in [-0.1, -0.05) is 6.07 Å². The first-order valence-corrected chi connectivity index (χ1v) is 10.1. The Balaban J connectivity index is 1.66. The minimum atomic E-state index is -0.489. The summed E-state index contributed by atoms with van der Waals surface area (Å²) >= 11 is 1.24. The number of aryl methyl sites for hydroxylation is 2. The van der Waals surface area contributed by atoms with Gasteiger partial charge in [0.25, 0.3) is 11.6 Å². The molecule has 0 bridgehead atoms. The van der Waals surface area contributed by atoms with Crippen LogP contribution in [-0.4, -0.2) is 33.6 Å². The maximum Gasteiger partial charge on any atom is 0.270 e. The van der Waals surface area contributed by atoms with Crippen LogP contribution in [0.3, 0.4) is 0 Å². The molecular formula is C21H20N6O3S. The quantitative estimate of drug-likeness (QED) is 0.239. The third-order valence-corrected chi connectivity index (χ3v) is 5.29. The first-order valence-electron chi connectivity index (χ1n) is 9.29. The van der Waals surface area contributed by atoms with Crippen molar-refractivity contribution < 1.29 is 9.72 Å². The molecule has 3 aromatic rings. The van der Waals surface area contributed by atoms with Crippen LogP contribution in [0, 0.1) is 24.0 Å². The van der Waals surface area contributed by atoms with Gasteiger partial charge in [0.1, 0.15) is 0 Å². The van der Waals surface area contributed by atoms with Crippen molar-refractivity contribution in [3.8, 4) is 0 Å². The second kappa shape index (κ2) is 10.3. The Morgan fingerprint density at radius 3 is 2.65 bits per heavy atom. The van der Waals surface area contributed by atoms with Crippen LogP contribution in [0.15, 0.2) is 70.0 Å². The van der Waals surface area contributed by atoms with Crippen LogP contribution >= 0.6 is 11.8 Å². The van der Waals surface area contributed by atoms with Crippen molar-refractivity contribution >= 4 is 35.3 Å². The number of carbonyl (C=O) groups is 1. The Kier molecular flexibility index (Phi) is 7.28. The molecule has 0 radical (unpaired) electrons. The summed E-state index contributed by atoms with van der Waals surface area (Å²) in [6.45, 7) is 4.05. The summed E-state index contributed by atoms with van der Waals surface area (Å²) in [5.41, 5.74) is 5.94. The Morgan fingerprint density at radius 2 is 1.94 bits per heavy atom. The fourth-order valence-corrected chi connectivity index (χ4v) is 3.32. The van der Waals surface area contributed by atoms with E-state index in [-0.39, 0.29) is 18.1 Å². The molecule has 1 amide bonds. The molecule has 0 saturated carbocycles. The molecule has 2 N–H and O–H groups in total. The molecule has 2 aromatic carbocycles. The summed E-state index contributed by atoms with van der Waals surface area (Å²) in [7, 11) is 0. The number of nitro groups is 1. The maximum atomic E-state index is 12.1. The minimum Gasteiger partial charge on any atom is -0.376 e. The van der Waals surface area contributed by atoms with Gasteiger partial charge in [0, 0.05) is 40.7 Å². The average Bonchev–Trinajstić information content (AvgIpc) is 2.76. The highest BCUT2D eigenvalue weighted by Gasteiger charge is 2.12. The highest BCUT2D eigenvalue weighted by atomic mass is 32.2. The zero-order valence-corrected chi connectivity index (χ0v) is 17.7. The fraction of sp³-hybridized carbons (Fsp3) is 0.143. The SMILES string of the molecule is Cc1ccc(NCC(=O)N/N=C/c2cc([N+](=O)[O-])ccc2Sc2ncccn2)cc1C. The first kappa shape index (κ1) is 21.9. The Hall–Kier alpha value is -3.79. The number of rotatable bonds is 8. The van der Waals surface area contributed by atoms with Crippen LogP contribution in [0.25, 0.3) is 0 Å². The van der Waals surface area contributed by atoms with Crippen molar-refractivity contribution in [1.82, 2.24) is 15.4 Å². The van der Waals surface area contributed by atoms with Gasteiger partial charge in [-0.2, -0.15) is 5.10 Å². The number of hydrogen-bond acceptors (Lipinski definition) is 8. The molecule has 1 aromatic heterocycles. The summed E-state index contributed by atoms with van der Waals surface area (Å²) in [6, 6.07) is 11.9. The molecule has 0 atom stereocenters. The van der Waals surface area contributed by atoms with Crippen molar-refractivity contribution in [2.24, 2.45) is 5.10 Å². The molecular weight excluding hydrogens is 416 g/mol. The summed E-state index contributed by atoms with van der Waals surface area (Å²) in [4.78, 5) is 31.7. The molecule has 31 heavy (non-hydrogen) atoms. The number of aromatic nitrogens is 2. The van der Waals surface area contributed by atoms with E-state index < -0.39 is 4.92 Å². The third kappa shape index (κ3) is 6.34. The number of hydrazone groups is 1. The van der Waals surface area contributed by atoms with Gasteiger partial charge in [-0.25, -0.2) is 15.4 Å². The molecule has 0 fully saturated rings. The number of amides is 1. The van der Waals surface area contributed by atoms with Crippen LogP contribution in [0.5, 0.6) is 0 Å². The molecule has 1 heterocycles. The van der Waals surface area contributed by atoms with E-state index in [1.807, 2.05) is 32.0 Å². The lowest BCUT2D eigenvalue weighted by Crippen LogP contribution is -2.25. The van der Waals surface area contributed by atoms with Gasteiger partial charge >= 0.3 is 0 Å². The topological polar surface area (TPSA) is 122 Å². The van der Waals surface area contributed by atoms with Crippen LogP contribution in [-0.2, 0) is 4.79 Å². The highest BCUT2D eigenvalue weighted by Crippen LogP contribution is 2.29. The predicted molar refractivity (Wildman–Crippen MR) is 119 cm³/mol. The van der Waals surface area contributed by atoms with Gasteiger partial charge in [-0.15, -0.1) is 0 Å². The number of non-ortho nitro benzene ring substituents is 1. The van der Waals surface area contributed by atoms with Crippen LogP contribution in [0.2, 0.25) is 0 Å². The Morgan fingerprint density at radius 1 is 1.16 bits per heavy atom. The van der Waals surface area contributed by atoms with Gasteiger partial charge in [-0.05, 0) is 61.0 Å². The summed E-state index contributed by atoms with van der Waals surface area (Å²) in [5, 5.41) is 18.6. The summed E-state index contributed by atoms with van der Waals surface area (Å²) < 4.78 is 0. The molecule has 0 unspecified atom stereocenters. The third-order valence-electron chi connectivity index (χ3n) is 4.30. The van der Waals surface area contributed by atoms with Crippen molar-refractivity contribution in [1.29, 1.82) is 0 Å². The van der Waals surface area contributed by atoms with Gasteiger partial charge in [-0.3, -0.25) is 14.9 Å². The van der Waals surface area contributed by atoms with E-state index in [4.69, 9.17) is 0 Å². The molecule has 0 aliphatic heterocycles. The van der Waals surface area contributed by atoms with Crippen molar-refractivity contribution in [3.63, 3.8) is 0 Å². The van der Waals surface area contributed by atoms with Crippen LogP contribution in [0.1, 0.15) is 16.7 Å². The molecule has 3 rings (SSSR count). The van der Waals surface area contributed by atoms with E-state index in [1.165, 1.54) is 35.7 Å². The Labute approximate surface area is 183 Å². The zero-order valence-electron chi connectivity index (χ0n) is 16.9. The first-order chi connectivity index (χ1) is 14.9. The number of hydrogen-bond donors (Lipinski definition) is 2. The van der Waals surface area contributed by atoms with Crippen molar-refractivity contribution in [3.05, 3.63) is 81.7 Å². The second-order valence-corrected chi connectivity index (χ2v) is 7.57. The lowest BCUT2D eigenvalue weighted by Gasteiger charge is -2.08. The van der Waals surface area contributed by atoms with E-state index in [2.05, 4.69) is 25.8 Å². The molecule has 0 aliphatic rings. The van der Waals surface area contributed by atoms with Gasteiger partial charge in [0.2, 0.25) is 0 Å². The van der Waals surface area contributed by atoms with E-state index in [0.717, 1.165) is 11.3 Å². The number of anilines is 1. The van der Waals surface area contributed by atoms with Gasteiger partial charge < -0.3 is 5.32 Å². The minimum absolute atomic E-state index is 0.0360. The standard InChI is InChI=1S/C21H20N6O3S/c1-14-4-5-17(10-15(14)2)24-13-20(28)26-25-12-16-11-18(27(29)30)6-7-19(16)31-21-22-8-3-9-23-21/h3-12,24H,13H2,1-2H3,(H,26,28)/b25-12+. The predicted octanol–water partition coefficient (Wildman–Crippen LogP) is 3.72. The van der Waals surface area contributed by atoms with E-state index in [0.29, 0.717) is 15.6 Å². The lowest BCUT2D eigenvalue weighted by molar-refractivity contribution is -0.384. The number of benzene rings is 2. The highest BCUT2D eigenvalue weighted by molar-refractivity contribution is 7.99. The van der Waals surface area contributed by atoms with E-state index in [9.17, 15) is 14.9 Å². The molecule has 0 aliphatic carbocycles. The second-order valence-electron chi connectivity index (χ2n) is 6.56. The fourth-order valence-electron chi connectivity index (χ4n) is 2.53. The summed E-state index contributed by atoms with van der Waals surface area (Å²) in [6.07, 6.45) is 4.58. The van der Waals surface area contributed by atoms with Gasteiger partial charge in [0.15, 0.2) is 5.16 Å². The van der Waals surface area contributed by atoms with E-state index >= 15 is 0 Å². The summed E-state index contributed by atoms with van der Waals surface area (Å²) in [5.74, 6) is -0.347. The number of carbonyl (C=O) groups excluding carboxylic acids is 1. The largest absolute Gasteiger partial charge is 0.376 e. The smallest absolute Gasteiger partial charge is 0.270 e. The molecule has 0 spiro atoms. The number of nitrogens with zero attached hydrogens (tertiary/aromatic N) is 4. The monoisotopic (exact) mass is 436 g/mol. The van der Waals surface area contributed by atoms with Crippen LogP contribution < -0.4 is 10.7 Å². The average molecular weight is 436 g/mol. The van der Waals surface area contributed by atoms with Gasteiger partial charge in [0.05, 0.1) is 17.7 Å². The molecule has 10 heteroatoms. The lowest BCUT2D eigenvalue weighted by atomic mass is 10.1.